The molecule has 32 heavy (non-hydrogen) atoms. The van der Waals surface area contributed by atoms with Crippen LogP contribution in [0.1, 0.15) is 48.0 Å². The minimum Gasteiger partial charge on any atom is -0.444 e. The van der Waals surface area contributed by atoms with Gasteiger partial charge in [0, 0.05) is 16.1 Å². The molecule has 1 aromatic heterocycles. The van der Waals surface area contributed by atoms with E-state index in [9.17, 15) is 14.9 Å². The Balaban J connectivity index is 2.15. The zero-order chi connectivity index (χ0) is 23.5. The molecule has 0 aliphatic carbocycles. The summed E-state index contributed by atoms with van der Waals surface area (Å²) in [7, 11) is 0. The number of rotatable bonds is 5. The van der Waals surface area contributed by atoms with Gasteiger partial charge in [-0.05, 0) is 52.0 Å². The summed E-state index contributed by atoms with van der Waals surface area (Å²) in [5, 5.41) is 17.1. The van der Waals surface area contributed by atoms with Crippen molar-refractivity contribution in [2.45, 2.75) is 39.7 Å². The molecule has 1 amide bonds. The first-order chi connectivity index (χ1) is 15.1. The van der Waals surface area contributed by atoms with Gasteiger partial charge in [0.15, 0.2) is 0 Å². The molecule has 1 N–H and O–H groups in total. The number of hydrogen-bond acceptors (Lipinski definition) is 5. The highest BCUT2D eigenvalue weighted by molar-refractivity contribution is 6.30. The van der Waals surface area contributed by atoms with E-state index in [0.29, 0.717) is 21.8 Å². The number of nitriles is 1. The molecule has 0 aliphatic rings. The fourth-order valence-electron chi connectivity index (χ4n) is 3.02. The highest BCUT2D eigenvalue weighted by atomic mass is 35.5. The molecule has 0 saturated carbocycles. The van der Waals surface area contributed by atoms with Gasteiger partial charge in [-0.1, -0.05) is 41.4 Å². The highest BCUT2D eigenvalue weighted by Gasteiger charge is 2.27. The van der Waals surface area contributed by atoms with Crippen LogP contribution in [0.2, 0.25) is 5.02 Å². The third-order valence-electron chi connectivity index (χ3n) is 4.46. The second-order valence-corrected chi connectivity index (χ2v) is 8.66. The zero-order valence-electron chi connectivity index (χ0n) is 18.3. The molecular formula is C24H23ClN4O3. The van der Waals surface area contributed by atoms with E-state index in [0.717, 1.165) is 5.56 Å². The molecule has 0 atom stereocenters. The monoisotopic (exact) mass is 450 g/mol. The Morgan fingerprint density at radius 3 is 2.31 bits per heavy atom. The standard InChI is InChI=1S/C24H23ClN4O3/c1-15-5-7-16(8-6-15)21(30)20-19(13-14-26)22(27-23(31)32-24(2,3)4)29(28-20)18-11-9-17(25)10-12-18/h5-12H,13H2,1-4H3,(H,27,31). The summed E-state index contributed by atoms with van der Waals surface area (Å²) in [4.78, 5) is 25.8. The minimum absolute atomic E-state index is 0.0800. The van der Waals surface area contributed by atoms with E-state index in [1.807, 2.05) is 19.1 Å². The third-order valence-corrected chi connectivity index (χ3v) is 4.71. The Bertz CT molecular complexity index is 1180. The molecule has 8 heteroatoms. The van der Waals surface area contributed by atoms with Crippen molar-refractivity contribution in [3.8, 4) is 11.8 Å². The maximum absolute atomic E-state index is 13.3. The largest absolute Gasteiger partial charge is 0.444 e. The predicted octanol–water partition coefficient (Wildman–Crippen LogP) is 5.48. The van der Waals surface area contributed by atoms with Gasteiger partial charge >= 0.3 is 6.09 Å². The van der Waals surface area contributed by atoms with Crippen molar-refractivity contribution in [1.29, 1.82) is 5.26 Å². The Labute approximate surface area is 191 Å². The SMILES string of the molecule is Cc1ccc(C(=O)c2nn(-c3ccc(Cl)cc3)c(NC(=O)OC(C)(C)C)c2CC#N)cc1. The summed E-state index contributed by atoms with van der Waals surface area (Å²) in [5.74, 6) is -0.159. The lowest BCUT2D eigenvalue weighted by atomic mass is 10.0. The maximum atomic E-state index is 13.3. The molecule has 3 rings (SSSR count). The topological polar surface area (TPSA) is 97.0 Å². The van der Waals surface area contributed by atoms with Crippen LogP contribution in [0.25, 0.3) is 5.69 Å². The number of nitrogens with zero attached hydrogens (tertiary/aromatic N) is 3. The van der Waals surface area contributed by atoms with Crippen LogP contribution >= 0.6 is 11.6 Å². The molecule has 3 aromatic rings. The van der Waals surface area contributed by atoms with Gasteiger partial charge in [0.1, 0.15) is 17.1 Å². The number of anilines is 1. The van der Waals surface area contributed by atoms with Crippen molar-refractivity contribution in [2.75, 3.05) is 5.32 Å². The Kier molecular flexibility index (Phi) is 6.66. The molecule has 7 nitrogen and oxygen atoms in total. The van der Waals surface area contributed by atoms with Crippen molar-refractivity contribution in [3.05, 3.63) is 75.9 Å². The second-order valence-electron chi connectivity index (χ2n) is 8.22. The smallest absolute Gasteiger partial charge is 0.413 e. The Morgan fingerprint density at radius 2 is 1.75 bits per heavy atom. The summed E-state index contributed by atoms with van der Waals surface area (Å²) in [6.45, 7) is 7.15. The number of aromatic nitrogens is 2. The van der Waals surface area contributed by atoms with E-state index < -0.39 is 11.7 Å². The van der Waals surface area contributed by atoms with Gasteiger partial charge in [-0.15, -0.1) is 0 Å². The molecule has 164 valence electrons. The van der Waals surface area contributed by atoms with Crippen LogP contribution in [0, 0.1) is 18.3 Å². The van der Waals surface area contributed by atoms with E-state index >= 15 is 0 Å². The van der Waals surface area contributed by atoms with E-state index in [1.54, 1.807) is 57.2 Å². The summed E-state index contributed by atoms with van der Waals surface area (Å²) < 4.78 is 6.78. The van der Waals surface area contributed by atoms with Crippen molar-refractivity contribution < 1.29 is 14.3 Å². The van der Waals surface area contributed by atoms with Crippen LogP contribution in [-0.2, 0) is 11.2 Å². The average molecular weight is 451 g/mol. The molecule has 0 spiro atoms. The predicted molar refractivity (Wildman–Crippen MR) is 122 cm³/mol. The quantitative estimate of drug-likeness (QED) is 0.519. The fourth-order valence-corrected chi connectivity index (χ4v) is 3.14. The Hall–Kier alpha value is -3.63. The number of ether oxygens (including phenoxy) is 1. The van der Waals surface area contributed by atoms with Crippen LogP contribution in [0.5, 0.6) is 0 Å². The first kappa shape index (κ1) is 23.0. The Morgan fingerprint density at radius 1 is 1.12 bits per heavy atom. The van der Waals surface area contributed by atoms with Gasteiger partial charge < -0.3 is 4.74 Å². The van der Waals surface area contributed by atoms with Crippen LogP contribution < -0.4 is 5.32 Å². The number of ketones is 1. The van der Waals surface area contributed by atoms with E-state index in [1.165, 1.54) is 4.68 Å². The number of nitrogens with one attached hydrogen (secondary N) is 1. The van der Waals surface area contributed by atoms with Crippen molar-refractivity contribution in [3.63, 3.8) is 0 Å². The van der Waals surface area contributed by atoms with Gasteiger partial charge in [0.2, 0.25) is 5.78 Å². The molecule has 1 heterocycles. The minimum atomic E-state index is -0.731. The summed E-state index contributed by atoms with van der Waals surface area (Å²) in [6.07, 6.45) is -0.854. The number of benzene rings is 2. The van der Waals surface area contributed by atoms with Gasteiger partial charge in [-0.25, -0.2) is 9.48 Å². The number of hydrogen-bond donors (Lipinski definition) is 1. The fraction of sp³-hybridized carbons (Fsp3) is 0.250. The number of aryl methyl sites for hydroxylation is 1. The van der Waals surface area contributed by atoms with Gasteiger partial charge in [-0.3, -0.25) is 10.1 Å². The van der Waals surface area contributed by atoms with Gasteiger partial charge in [-0.2, -0.15) is 10.4 Å². The van der Waals surface area contributed by atoms with Gasteiger partial charge in [0.05, 0.1) is 18.2 Å². The molecule has 0 radical (unpaired) electrons. The van der Waals surface area contributed by atoms with Crippen molar-refractivity contribution >= 4 is 29.3 Å². The summed E-state index contributed by atoms with van der Waals surface area (Å²) in [5.41, 5.74) is 1.65. The first-order valence-electron chi connectivity index (χ1n) is 9.95. The molecular weight excluding hydrogens is 428 g/mol. The molecule has 0 fully saturated rings. The summed E-state index contributed by atoms with van der Waals surface area (Å²) in [6, 6.07) is 15.9. The van der Waals surface area contributed by atoms with Crippen LogP contribution in [0.4, 0.5) is 10.6 Å². The molecule has 2 aromatic carbocycles. The van der Waals surface area contributed by atoms with Crippen molar-refractivity contribution in [1.82, 2.24) is 9.78 Å². The first-order valence-corrected chi connectivity index (χ1v) is 10.3. The molecule has 0 bridgehead atoms. The van der Waals surface area contributed by atoms with Gasteiger partial charge in [0.25, 0.3) is 0 Å². The lowest BCUT2D eigenvalue weighted by Crippen LogP contribution is -2.28. The lowest BCUT2D eigenvalue weighted by molar-refractivity contribution is 0.0634. The van der Waals surface area contributed by atoms with Crippen LogP contribution in [-0.4, -0.2) is 27.3 Å². The van der Waals surface area contributed by atoms with Crippen LogP contribution in [0.3, 0.4) is 0 Å². The number of carbonyl (C=O) groups excluding carboxylic acids is 2. The van der Waals surface area contributed by atoms with E-state index in [2.05, 4.69) is 16.5 Å². The third kappa shape index (κ3) is 5.34. The average Bonchev–Trinajstić information content (AvgIpc) is 3.05. The normalized spacial score (nSPS) is 11.0. The van der Waals surface area contributed by atoms with Crippen LogP contribution in [0.15, 0.2) is 48.5 Å². The molecule has 0 aliphatic heterocycles. The van der Waals surface area contributed by atoms with E-state index in [4.69, 9.17) is 16.3 Å². The zero-order valence-corrected chi connectivity index (χ0v) is 19.0. The number of halogens is 1. The molecule has 0 saturated heterocycles. The second kappa shape index (κ2) is 9.25. The molecule has 0 unspecified atom stereocenters. The van der Waals surface area contributed by atoms with E-state index in [-0.39, 0.29) is 23.7 Å². The van der Waals surface area contributed by atoms with Crippen molar-refractivity contribution in [2.24, 2.45) is 0 Å². The maximum Gasteiger partial charge on any atom is 0.413 e. The lowest BCUT2D eigenvalue weighted by Gasteiger charge is -2.20. The number of amides is 1. The summed E-state index contributed by atoms with van der Waals surface area (Å²) >= 11 is 6.01. The number of carbonyl (C=O) groups is 2. The highest BCUT2D eigenvalue weighted by Crippen LogP contribution is 2.28.